The van der Waals surface area contributed by atoms with E-state index >= 15 is 0 Å². The number of fused-ring (bicyclic) bond motifs is 2. The normalized spacial score (nSPS) is 14.2. The molecular formula is C25H23F2N3O3S. The lowest BCUT2D eigenvalue weighted by molar-refractivity contribution is -0.137. The molecule has 5 rings (SSSR count). The molecule has 2 aromatic carbocycles. The van der Waals surface area contributed by atoms with Gasteiger partial charge in [-0.15, -0.1) is 17.9 Å². The van der Waals surface area contributed by atoms with Crippen LogP contribution in [0.25, 0.3) is 21.1 Å². The van der Waals surface area contributed by atoms with Crippen molar-refractivity contribution in [3.05, 3.63) is 70.9 Å². The largest absolute Gasteiger partial charge is 0.480 e. The van der Waals surface area contributed by atoms with Crippen LogP contribution < -0.4 is 4.90 Å². The Morgan fingerprint density at radius 3 is 2.76 bits per heavy atom. The van der Waals surface area contributed by atoms with Gasteiger partial charge in [0, 0.05) is 42.3 Å². The molecule has 1 N–H and O–H groups in total. The van der Waals surface area contributed by atoms with E-state index in [2.05, 4.69) is 16.5 Å². The second-order valence-electron chi connectivity index (χ2n) is 8.26. The van der Waals surface area contributed by atoms with Gasteiger partial charge < -0.3 is 19.3 Å². The number of morpholine rings is 1. The molecule has 0 spiro atoms. The lowest BCUT2D eigenvalue weighted by Gasteiger charge is -2.29. The van der Waals surface area contributed by atoms with Crippen molar-refractivity contribution in [1.29, 1.82) is 0 Å². The standard InChI is InChI=1S/C25H23F2N3O3S/c1-2-3-15-10-19(26)25-24(23(15)27)28-21(34-25)11-16-13-30(14-22(31)32)20-5-4-17(12-18(16)20)29-6-8-33-9-7-29/h2,4-5,10,12-13H,1,3,6-9,11,14H2,(H,31,32). The van der Waals surface area contributed by atoms with Crippen LogP contribution in [0.15, 0.2) is 43.1 Å². The van der Waals surface area contributed by atoms with Crippen molar-refractivity contribution in [3.63, 3.8) is 0 Å². The predicted molar refractivity (Wildman–Crippen MR) is 129 cm³/mol. The Hall–Kier alpha value is -3.30. The molecule has 0 aliphatic carbocycles. The van der Waals surface area contributed by atoms with E-state index in [0.717, 1.165) is 46.6 Å². The Morgan fingerprint density at radius 1 is 1.24 bits per heavy atom. The number of hydrogen-bond donors (Lipinski definition) is 1. The topological polar surface area (TPSA) is 67.6 Å². The van der Waals surface area contributed by atoms with Gasteiger partial charge in [0.15, 0.2) is 5.82 Å². The lowest BCUT2D eigenvalue weighted by atomic mass is 10.1. The van der Waals surface area contributed by atoms with Crippen LogP contribution in [0.3, 0.4) is 0 Å². The number of ether oxygens (including phenoxy) is 1. The van der Waals surface area contributed by atoms with Crippen LogP contribution in [0.4, 0.5) is 14.5 Å². The quantitative estimate of drug-likeness (QED) is 0.384. The van der Waals surface area contributed by atoms with Gasteiger partial charge in [0.05, 0.1) is 22.9 Å². The number of rotatable bonds is 7. The van der Waals surface area contributed by atoms with Gasteiger partial charge >= 0.3 is 5.97 Å². The number of nitrogens with zero attached hydrogens (tertiary/aromatic N) is 3. The van der Waals surface area contributed by atoms with E-state index in [-0.39, 0.29) is 28.7 Å². The van der Waals surface area contributed by atoms with E-state index in [9.17, 15) is 18.7 Å². The van der Waals surface area contributed by atoms with Gasteiger partial charge in [-0.25, -0.2) is 13.8 Å². The summed E-state index contributed by atoms with van der Waals surface area (Å²) >= 11 is 1.12. The monoisotopic (exact) mass is 483 g/mol. The Labute approximate surface area is 198 Å². The number of carbonyl (C=O) groups is 1. The first kappa shape index (κ1) is 22.5. The summed E-state index contributed by atoms with van der Waals surface area (Å²) < 4.78 is 36.9. The molecule has 9 heteroatoms. The second-order valence-corrected chi connectivity index (χ2v) is 9.35. The number of aliphatic carboxylic acids is 1. The number of halogens is 2. The Bertz CT molecular complexity index is 1410. The molecule has 0 unspecified atom stereocenters. The van der Waals surface area contributed by atoms with E-state index in [1.165, 1.54) is 12.1 Å². The third-order valence-electron chi connectivity index (χ3n) is 6.01. The average molecular weight is 484 g/mol. The highest BCUT2D eigenvalue weighted by atomic mass is 32.1. The highest BCUT2D eigenvalue weighted by molar-refractivity contribution is 7.18. The Kier molecular flexibility index (Phi) is 6.05. The van der Waals surface area contributed by atoms with Gasteiger partial charge in [-0.05, 0) is 41.8 Å². The fraction of sp³-hybridized carbons (Fsp3) is 0.280. The van der Waals surface area contributed by atoms with Crippen LogP contribution in [-0.2, 0) is 28.9 Å². The second kappa shape index (κ2) is 9.15. The van der Waals surface area contributed by atoms with Crippen LogP contribution >= 0.6 is 11.3 Å². The number of allylic oxidation sites excluding steroid dienone is 1. The molecule has 2 aromatic heterocycles. The zero-order chi connectivity index (χ0) is 23.8. The van der Waals surface area contributed by atoms with Gasteiger partial charge in [0.2, 0.25) is 0 Å². The van der Waals surface area contributed by atoms with Gasteiger partial charge in [-0.1, -0.05) is 6.08 Å². The number of thiazole rings is 1. The van der Waals surface area contributed by atoms with Gasteiger partial charge in [0.25, 0.3) is 0 Å². The minimum atomic E-state index is -0.945. The first-order valence-electron chi connectivity index (χ1n) is 11.0. The lowest BCUT2D eigenvalue weighted by Crippen LogP contribution is -2.36. The molecule has 34 heavy (non-hydrogen) atoms. The highest BCUT2D eigenvalue weighted by Gasteiger charge is 2.20. The van der Waals surface area contributed by atoms with Crippen LogP contribution in [-0.4, -0.2) is 46.9 Å². The smallest absolute Gasteiger partial charge is 0.323 e. The zero-order valence-corrected chi connectivity index (χ0v) is 19.2. The number of carboxylic acid groups (broad SMARTS) is 1. The fourth-order valence-corrected chi connectivity index (χ4v) is 5.43. The maximum atomic E-state index is 14.9. The van der Waals surface area contributed by atoms with Crippen LogP contribution in [0.2, 0.25) is 0 Å². The molecule has 4 aromatic rings. The molecule has 6 nitrogen and oxygen atoms in total. The van der Waals surface area contributed by atoms with Crippen molar-refractivity contribution < 1.29 is 23.4 Å². The maximum absolute atomic E-state index is 14.9. The zero-order valence-electron chi connectivity index (χ0n) is 18.4. The van der Waals surface area contributed by atoms with E-state index < -0.39 is 17.6 Å². The number of aromatic nitrogens is 2. The SMILES string of the molecule is C=CCc1cc(F)c2sc(Cc3cn(CC(=O)O)c4ccc(N5CCOCC5)cc34)nc2c1F. The third kappa shape index (κ3) is 4.17. The minimum absolute atomic E-state index is 0.0279. The van der Waals surface area contributed by atoms with Crippen molar-refractivity contribution in [2.75, 3.05) is 31.2 Å². The molecule has 0 radical (unpaired) electrons. The Morgan fingerprint density at radius 2 is 2.03 bits per heavy atom. The van der Waals surface area contributed by atoms with E-state index in [0.29, 0.717) is 24.6 Å². The van der Waals surface area contributed by atoms with Gasteiger partial charge in [-0.3, -0.25) is 4.79 Å². The number of hydrogen-bond acceptors (Lipinski definition) is 5. The fourth-order valence-electron chi connectivity index (χ4n) is 4.45. The van der Waals surface area contributed by atoms with Gasteiger partial charge in [-0.2, -0.15) is 0 Å². The van der Waals surface area contributed by atoms with Crippen molar-refractivity contribution in [2.45, 2.75) is 19.4 Å². The molecular weight excluding hydrogens is 460 g/mol. The van der Waals surface area contributed by atoms with Crippen LogP contribution in [0.5, 0.6) is 0 Å². The molecule has 1 saturated heterocycles. The van der Waals surface area contributed by atoms with Crippen molar-refractivity contribution in [3.8, 4) is 0 Å². The Balaban J connectivity index is 1.57. The summed E-state index contributed by atoms with van der Waals surface area (Å²) in [5.74, 6) is -1.97. The van der Waals surface area contributed by atoms with Gasteiger partial charge in [0.1, 0.15) is 17.9 Å². The number of anilines is 1. The minimum Gasteiger partial charge on any atom is -0.480 e. The summed E-state index contributed by atoms with van der Waals surface area (Å²) in [6.45, 7) is 6.28. The average Bonchev–Trinajstić information content (AvgIpc) is 3.40. The maximum Gasteiger partial charge on any atom is 0.323 e. The summed E-state index contributed by atoms with van der Waals surface area (Å²) in [6.07, 6.45) is 3.88. The molecule has 0 amide bonds. The van der Waals surface area contributed by atoms with E-state index in [1.807, 2.05) is 18.2 Å². The number of carboxylic acids is 1. The molecule has 1 aliphatic rings. The molecule has 3 heterocycles. The summed E-state index contributed by atoms with van der Waals surface area (Å²) in [6, 6.07) is 7.16. The molecule has 1 fully saturated rings. The molecule has 1 aliphatic heterocycles. The summed E-state index contributed by atoms with van der Waals surface area (Å²) in [4.78, 5) is 18.1. The van der Waals surface area contributed by atoms with E-state index in [4.69, 9.17) is 4.74 Å². The summed E-state index contributed by atoms with van der Waals surface area (Å²) in [5, 5.41) is 10.8. The highest BCUT2D eigenvalue weighted by Crippen LogP contribution is 2.33. The van der Waals surface area contributed by atoms with Crippen molar-refractivity contribution in [1.82, 2.24) is 9.55 Å². The molecule has 0 atom stereocenters. The molecule has 0 bridgehead atoms. The van der Waals surface area contributed by atoms with Crippen LogP contribution in [0, 0.1) is 11.6 Å². The van der Waals surface area contributed by atoms with Crippen molar-refractivity contribution in [2.24, 2.45) is 0 Å². The molecule has 0 saturated carbocycles. The number of benzene rings is 2. The van der Waals surface area contributed by atoms with Crippen LogP contribution in [0.1, 0.15) is 16.1 Å². The summed E-state index contributed by atoms with van der Waals surface area (Å²) in [5.41, 5.74) is 2.93. The predicted octanol–water partition coefficient (Wildman–Crippen LogP) is 4.77. The molecule has 176 valence electrons. The third-order valence-corrected chi connectivity index (χ3v) is 7.08. The summed E-state index contributed by atoms with van der Waals surface area (Å²) in [7, 11) is 0. The first-order chi connectivity index (χ1) is 16.4. The van der Waals surface area contributed by atoms with E-state index in [1.54, 1.807) is 10.8 Å². The van der Waals surface area contributed by atoms with Crippen molar-refractivity contribution >= 4 is 44.1 Å². The first-order valence-corrected chi connectivity index (χ1v) is 11.8.